The fourth-order valence-corrected chi connectivity index (χ4v) is 5.02. The third kappa shape index (κ3) is 7.66. The second-order valence-electron chi connectivity index (χ2n) is 9.81. The van der Waals surface area contributed by atoms with Crippen molar-refractivity contribution in [3.05, 3.63) is 54.3 Å². The molecule has 0 aromatic heterocycles. The van der Waals surface area contributed by atoms with Crippen LogP contribution in [-0.2, 0) is 19.0 Å². The number of amides is 1. The van der Waals surface area contributed by atoms with E-state index in [1.165, 1.54) is 24.8 Å². The highest BCUT2D eigenvalue weighted by atomic mass is 16.7. The van der Waals surface area contributed by atoms with Crippen molar-refractivity contribution in [3.8, 4) is 5.75 Å². The van der Waals surface area contributed by atoms with Crippen LogP contribution in [0.5, 0.6) is 5.75 Å². The molecule has 2 aliphatic carbocycles. The van der Waals surface area contributed by atoms with Gasteiger partial charge in [-0.25, -0.2) is 0 Å². The van der Waals surface area contributed by atoms with E-state index in [1.807, 2.05) is 24.0 Å². The normalized spacial score (nSPS) is 25.2. The van der Waals surface area contributed by atoms with E-state index in [4.69, 9.17) is 18.9 Å². The first-order valence-electron chi connectivity index (χ1n) is 13.4. The zero-order valence-corrected chi connectivity index (χ0v) is 21.2. The van der Waals surface area contributed by atoms with E-state index in [1.54, 1.807) is 12.2 Å². The van der Waals surface area contributed by atoms with Gasteiger partial charge >= 0.3 is 0 Å². The zero-order chi connectivity index (χ0) is 24.5. The van der Waals surface area contributed by atoms with E-state index < -0.39 is 0 Å². The summed E-state index contributed by atoms with van der Waals surface area (Å²) < 4.78 is 23.5. The van der Waals surface area contributed by atoms with Crippen molar-refractivity contribution in [2.24, 2.45) is 0 Å². The van der Waals surface area contributed by atoms with Crippen LogP contribution >= 0.6 is 0 Å². The lowest BCUT2D eigenvalue weighted by Gasteiger charge is -2.36. The molecule has 0 spiro atoms. The number of benzene rings is 1. The van der Waals surface area contributed by atoms with Gasteiger partial charge in [0.25, 0.3) is 5.91 Å². The molecule has 3 aliphatic rings. The molecule has 4 rings (SSSR count). The van der Waals surface area contributed by atoms with Gasteiger partial charge in [0, 0.05) is 19.2 Å². The fourth-order valence-electron chi connectivity index (χ4n) is 5.02. The monoisotopic (exact) mass is 483 g/mol. The predicted octanol–water partition coefficient (Wildman–Crippen LogP) is 5.73. The molecule has 6 heteroatoms. The van der Waals surface area contributed by atoms with Gasteiger partial charge in [0.05, 0.1) is 19.3 Å². The smallest absolute Gasteiger partial charge is 0.289 e. The summed E-state index contributed by atoms with van der Waals surface area (Å²) in [6, 6.07) is 8.31. The second kappa shape index (κ2) is 13.2. The first-order chi connectivity index (χ1) is 17.2. The number of allylic oxidation sites excluding steroid dienone is 1. The van der Waals surface area contributed by atoms with Crippen molar-refractivity contribution >= 4 is 5.91 Å². The molecule has 3 fully saturated rings. The Labute approximate surface area is 210 Å². The molecule has 0 N–H and O–H groups in total. The number of hydrogen-bond donors (Lipinski definition) is 0. The topological polar surface area (TPSA) is 57.2 Å². The van der Waals surface area contributed by atoms with E-state index in [-0.39, 0.29) is 24.3 Å². The molecule has 1 atom stereocenters. The van der Waals surface area contributed by atoms with Crippen molar-refractivity contribution in [1.82, 2.24) is 4.90 Å². The van der Waals surface area contributed by atoms with E-state index in [9.17, 15) is 4.79 Å². The minimum Gasteiger partial charge on any atom is -0.452 e. The van der Waals surface area contributed by atoms with Crippen molar-refractivity contribution in [2.75, 3.05) is 26.4 Å². The molecular weight excluding hydrogens is 442 g/mol. The number of rotatable bonds is 12. The molecule has 1 aliphatic heterocycles. The molecule has 1 aromatic rings. The Morgan fingerprint density at radius 3 is 2.40 bits per heavy atom. The summed E-state index contributed by atoms with van der Waals surface area (Å²) in [6.45, 7) is 8.18. The quantitative estimate of drug-likeness (QED) is 0.164. The van der Waals surface area contributed by atoms with Gasteiger partial charge in [-0.1, -0.05) is 18.2 Å². The number of hydrogen-bond acceptors (Lipinski definition) is 5. The van der Waals surface area contributed by atoms with Gasteiger partial charge in [0.1, 0.15) is 5.75 Å². The molecule has 0 bridgehead atoms. The van der Waals surface area contributed by atoms with Crippen molar-refractivity contribution < 1.29 is 23.7 Å². The first kappa shape index (κ1) is 25.9. The predicted molar refractivity (Wildman–Crippen MR) is 136 cm³/mol. The molecule has 1 heterocycles. The van der Waals surface area contributed by atoms with Crippen LogP contribution in [0.4, 0.5) is 0 Å². The lowest BCUT2D eigenvalue weighted by Crippen LogP contribution is -2.44. The molecular formula is C29H41NO5. The van der Waals surface area contributed by atoms with Crippen molar-refractivity contribution in [2.45, 2.75) is 89.1 Å². The molecule has 35 heavy (non-hydrogen) atoms. The van der Waals surface area contributed by atoms with Gasteiger partial charge in [-0.2, -0.15) is 0 Å². The highest BCUT2D eigenvalue weighted by Crippen LogP contribution is 2.40. The Morgan fingerprint density at radius 2 is 1.77 bits per heavy atom. The summed E-state index contributed by atoms with van der Waals surface area (Å²) >= 11 is 0. The molecule has 1 amide bonds. The second-order valence-corrected chi connectivity index (χ2v) is 9.81. The Bertz CT molecular complexity index is 833. The number of carbonyl (C=O) groups excluding carboxylic acids is 1. The van der Waals surface area contributed by atoms with Gasteiger partial charge in [-0.15, -0.1) is 6.58 Å². The lowest BCUT2D eigenvalue weighted by atomic mass is 9.91. The van der Waals surface area contributed by atoms with Crippen LogP contribution in [-0.4, -0.2) is 55.6 Å². The minimum absolute atomic E-state index is 0.0688. The molecule has 1 saturated heterocycles. The maximum atomic E-state index is 13.4. The van der Waals surface area contributed by atoms with E-state index >= 15 is 0 Å². The summed E-state index contributed by atoms with van der Waals surface area (Å²) in [6.07, 6.45) is 13.2. The molecule has 0 radical (unpaired) electrons. The van der Waals surface area contributed by atoms with Crippen LogP contribution in [0.15, 0.2) is 48.8 Å². The Hall–Kier alpha value is -2.15. The van der Waals surface area contributed by atoms with Crippen LogP contribution < -0.4 is 4.74 Å². The lowest BCUT2D eigenvalue weighted by molar-refractivity contribution is -0.172. The van der Waals surface area contributed by atoms with Gasteiger partial charge in [0.2, 0.25) is 0 Å². The van der Waals surface area contributed by atoms with Gasteiger partial charge in [-0.3, -0.25) is 4.79 Å². The first-order valence-corrected chi connectivity index (χ1v) is 13.4. The zero-order valence-electron chi connectivity index (χ0n) is 21.2. The van der Waals surface area contributed by atoms with Crippen LogP contribution in [0.1, 0.15) is 76.2 Å². The van der Waals surface area contributed by atoms with E-state index in [0.717, 1.165) is 45.1 Å². The van der Waals surface area contributed by atoms with Crippen LogP contribution in [0.2, 0.25) is 0 Å². The average molecular weight is 484 g/mol. The standard InChI is InChI=1S/C29H41NO5/c1-3-18-30(29(31)27(4-2)35-26-14-10-23(11-15-26)22-8-9-22)24-12-16-25(17-13-24)32-20-21-34-28-7-5-6-19-33-28/h3-4,10-11,14-15,22,24-25,28H,1,5-9,12-13,16-21H2,2H3/b27-4-. The molecule has 6 nitrogen and oxygen atoms in total. The van der Waals surface area contributed by atoms with Crippen molar-refractivity contribution in [1.29, 1.82) is 0 Å². The molecule has 1 aromatic carbocycles. The minimum atomic E-state index is -0.0797. The highest BCUT2D eigenvalue weighted by molar-refractivity contribution is 5.92. The number of ether oxygens (including phenoxy) is 4. The Kier molecular flexibility index (Phi) is 9.81. The Balaban J connectivity index is 1.23. The third-order valence-electron chi connectivity index (χ3n) is 7.18. The molecule has 2 saturated carbocycles. The van der Waals surface area contributed by atoms with E-state index in [2.05, 4.69) is 18.7 Å². The average Bonchev–Trinajstić information content (AvgIpc) is 3.75. The van der Waals surface area contributed by atoms with Gasteiger partial charge in [-0.05, 0) is 94.4 Å². The third-order valence-corrected chi connectivity index (χ3v) is 7.18. The fraction of sp³-hybridized carbons (Fsp3) is 0.621. The van der Waals surface area contributed by atoms with Gasteiger partial charge in [0.15, 0.2) is 12.0 Å². The van der Waals surface area contributed by atoms with E-state index in [0.29, 0.717) is 37.2 Å². The highest BCUT2D eigenvalue weighted by Gasteiger charge is 2.31. The summed E-state index contributed by atoms with van der Waals surface area (Å²) in [4.78, 5) is 15.3. The molecule has 1 unspecified atom stereocenters. The summed E-state index contributed by atoms with van der Waals surface area (Å²) in [5, 5.41) is 0. The maximum absolute atomic E-state index is 13.4. The number of nitrogens with zero attached hydrogens (tertiary/aromatic N) is 1. The SMILES string of the molecule is C=CCN(C(=O)/C(=C/C)Oc1ccc(C2CC2)cc1)C1CCC(OCCOC2CCCCO2)CC1. The maximum Gasteiger partial charge on any atom is 0.289 e. The molecule has 192 valence electrons. The summed E-state index contributed by atoms with van der Waals surface area (Å²) in [7, 11) is 0. The van der Waals surface area contributed by atoms with Crippen LogP contribution in [0.25, 0.3) is 0 Å². The number of carbonyl (C=O) groups is 1. The van der Waals surface area contributed by atoms with Crippen LogP contribution in [0.3, 0.4) is 0 Å². The largest absolute Gasteiger partial charge is 0.452 e. The summed E-state index contributed by atoms with van der Waals surface area (Å²) in [5.74, 6) is 1.69. The summed E-state index contributed by atoms with van der Waals surface area (Å²) in [5.41, 5.74) is 1.35. The Morgan fingerprint density at radius 1 is 1.03 bits per heavy atom. The van der Waals surface area contributed by atoms with Crippen molar-refractivity contribution in [3.63, 3.8) is 0 Å². The van der Waals surface area contributed by atoms with Gasteiger partial charge < -0.3 is 23.8 Å². The van der Waals surface area contributed by atoms with Crippen LogP contribution in [0, 0.1) is 0 Å².